The highest BCUT2D eigenvalue weighted by atomic mass is 19.4. The first-order valence-electron chi connectivity index (χ1n) is 13.1. The van der Waals surface area contributed by atoms with Gasteiger partial charge in [-0.05, 0) is 71.1 Å². The Balaban J connectivity index is 1.73. The molecular formula is C28H38F3N5O2. The number of carbonyl (C=O) groups is 1. The van der Waals surface area contributed by atoms with Gasteiger partial charge in [0.15, 0.2) is 0 Å². The number of aliphatic imine (C=N–C) groups is 1. The van der Waals surface area contributed by atoms with Crippen LogP contribution in [0.25, 0.3) is 11.1 Å². The molecule has 0 N–H and O–H groups in total. The van der Waals surface area contributed by atoms with E-state index in [9.17, 15) is 18.0 Å². The van der Waals surface area contributed by atoms with Crippen molar-refractivity contribution in [3.8, 4) is 0 Å². The summed E-state index contributed by atoms with van der Waals surface area (Å²) in [5.74, 6) is -0.374. The lowest BCUT2D eigenvalue weighted by Crippen LogP contribution is -2.49. The van der Waals surface area contributed by atoms with Crippen LogP contribution in [0.15, 0.2) is 29.4 Å². The van der Waals surface area contributed by atoms with Gasteiger partial charge in [0.2, 0.25) is 0 Å². The molecule has 208 valence electrons. The van der Waals surface area contributed by atoms with Gasteiger partial charge in [0.1, 0.15) is 6.17 Å². The molecule has 1 saturated heterocycles. The molecule has 2 aromatic rings. The molecule has 0 radical (unpaired) electrons. The van der Waals surface area contributed by atoms with Crippen LogP contribution in [0.5, 0.6) is 0 Å². The Kier molecular flexibility index (Phi) is 8.34. The van der Waals surface area contributed by atoms with Gasteiger partial charge in [0.25, 0.3) is 0 Å². The number of hydrogen-bond donors (Lipinski definition) is 0. The van der Waals surface area contributed by atoms with Crippen LogP contribution in [0.3, 0.4) is 0 Å². The number of pyridine rings is 1. The van der Waals surface area contributed by atoms with E-state index in [0.717, 1.165) is 34.3 Å². The number of rotatable bonds is 7. The minimum absolute atomic E-state index is 0.0344. The second-order valence-corrected chi connectivity index (χ2v) is 10.7. The molecule has 2 aromatic heterocycles. The third-order valence-corrected chi connectivity index (χ3v) is 7.45. The number of alkyl halides is 3. The fourth-order valence-corrected chi connectivity index (χ4v) is 5.44. The van der Waals surface area contributed by atoms with Crippen molar-refractivity contribution in [1.29, 1.82) is 0 Å². The molecular weight excluding hydrogens is 495 g/mol. The standard InChI is InChI=1S/C28H38F3N5O2/c1-18(2)38-27(37)23-16-24-22(21-7-9-32-25(15-21)33(5)6)8-10-36(24)26(19(23)3)20(4)35-13-11-34(12-14-35)17-28(29,30)31/h7-10,16,18,20,25H,11-15,17H2,1-6H3. The number of fused-ring (bicyclic) bond motifs is 1. The lowest BCUT2D eigenvalue weighted by Gasteiger charge is -2.39. The summed E-state index contributed by atoms with van der Waals surface area (Å²) < 4.78 is 46.4. The molecule has 2 unspecified atom stereocenters. The van der Waals surface area contributed by atoms with E-state index in [1.54, 1.807) is 0 Å². The molecule has 2 atom stereocenters. The number of carbonyl (C=O) groups excluding carboxylic acids is 1. The number of allylic oxidation sites excluding steroid dienone is 1. The van der Waals surface area contributed by atoms with Crippen molar-refractivity contribution >= 4 is 23.3 Å². The van der Waals surface area contributed by atoms with Crippen molar-refractivity contribution in [3.63, 3.8) is 0 Å². The summed E-state index contributed by atoms with van der Waals surface area (Å²) in [5, 5.41) is 0. The maximum absolute atomic E-state index is 13.2. The first-order valence-corrected chi connectivity index (χ1v) is 13.1. The molecule has 4 rings (SSSR count). The summed E-state index contributed by atoms with van der Waals surface area (Å²) in [6, 6.07) is 3.86. The summed E-state index contributed by atoms with van der Waals surface area (Å²) in [4.78, 5) is 23.5. The molecule has 1 fully saturated rings. The van der Waals surface area contributed by atoms with Crippen LogP contribution in [0.2, 0.25) is 0 Å². The van der Waals surface area contributed by atoms with Gasteiger partial charge in [-0.2, -0.15) is 13.2 Å². The fourth-order valence-electron chi connectivity index (χ4n) is 5.44. The Labute approximate surface area is 222 Å². The molecule has 10 heteroatoms. The molecule has 0 saturated carbocycles. The average Bonchev–Trinajstić information content (AvgIpc) is 3.26. The van der Waals surface area contributed by atoms with E-state index >= 15 is 0 Å². The van der Waals surface area contributed by atoms with E-state index in [4.69, 9.17) is 4.74 Å². The number of aromatic nitrogens is 1. The number of esters is 1. The minimum Gasteiger partial charge on any atom is -0.459 e. The molecule has 4 heterocycles. The van der Waals surface area contributed by atoms with E-state index < -0.39 is 12.7 Å². The van der Waals surface area contributed by atoms with Crippen molar-refractivity contribution < 1.29 is 22.7 Å². The molecule has 2 aliphatic rings. The topological polar surface area (TPSA) is 52.8 Å². The lowest BCUT2D eigenvalue weighted by molar-refractivity contribution is -0.149. The monoisotopic (exact) mass is 533 g/mol. The number of ether oxygens (including phenoxy) is 1. The SMILES string of the molecule is Cc1c(C(=O)OC(C)C)cc2c(C3=CC=NC(N(C)C)C3)ccn2c1C(C)N1CCN(CC(F)(F)F)CC1. The van der Waals surface area contributed by atoms with Crippen molar-refractivity contribution in [2.24, 2.45) is 4.99 Å². The summed E-state index contributed by atoms with van der Waals surface area (Å²) in [5.41, 5.74) is 5.35. The molecule has 7 nitrogen and oxygen atoms in total. The fraction of sp³-hybridized carbons (Fsp3) is 0.571. The molecule has 0 spiro atoms. The highest BCUT2D eigenvalue weighted by Gasteiger charge is 2.34. The maximum atomic E-state index is 13.2. The molecule has 0 amide bonds. The van der Waals surface area contributed by atoms with Gasteiger partial charge in [-0.25, -0.2) is 4.79 Å². The molecule has 0 aliphatic carbocycles. The van der Waals surface area contributed by atoms with Gasteiger partial charge < -0.3 is 9.14 Å². The largest absolute Gasteiger partial charge is 0.459 e. The predicted octanol–water partition coefficient (Wildman–Crippen LogP) is 4.80. The van der Waals surface area contributed by atoms with Crippen molar-refractivity contribution in [2.75, 3.05) is 46.8 Å². The number of nitrogens with zero attached hydrogens (tertiary/aromatic N) is 5. The highest BCUT2D eigenvalue weighted by molar-refractivity contribution is 5.96. The van der Waals surface area contributed by atoms with Crippen LogP contribution in [-0.2, 0) is 4.74 Å². The quantitative estimate of drug-likeness (QED) is 0.479. The summed E-state index contributed by atoms with van der Waals surface area (Å²) >= 11 is 0. The van der Waals surface area contributed by atoms with Gasteiger partial charge in [0, 0.05) is 62.3 Å². The first-order chi connectivity index (χ1) is 17.9. The van der Waals surface area contributed by atoms with E-state index in [1.165, 1.54) is 4.90 Å². The van der Waals surface area contributed by atoms with Crippen molar-refractivity contribution in [1.82, 2.24) is 19.1 Å². The van der Waals surface area contributed by atoms with Crippen LogP contribution in [0.4, 0.5) is 13.2 Å². The van der Waals surface area contributed by atoms with Gasteiger partial charge in [-0.3, -0.25) is 19.7 Å². The van der Waals surface area contributed by atoms with E-state index in [0.29, 0.717) is 31.7 Å². The number of dihydropyridines is 1. The smallest absolute Gasteiger partial charge is 0.401 e. The zero-order chi connectivity index (χ0) is 27.8. The summed E-state index contributed by atoms with van der Waals surface area (Å²) in [7, 11) is 4.00. The van der Waals surface area contributed by atoms with Gasteiger partial charge in [-0.1, -0.05) is 0 Å². The van der Waals surface area contributed by atoms with Gasteiger partial charge in [0.05, 0.1) is 23.7 Å². The number of hydrogen-bond acceptors (Lipinski definition) is 6. The van der Waals surface area contributed by atoms with Crippen LogP contribution in [0, 0.1) is 6.92 Å². The normalized spacial score (nSPS) is 20.4. The first kappa shape index (κ1) is 28.3. The predicted molar refractivity (Wildman–Crippen MR) is 144 cm³/mol. The zero-order valence-corrected chi connectivity index (χ0v) is 23.0. The van der Waals surface area contributed by atoms with Crippen LogP contribution >= 0.6 is 0 Å². The maximum Gasteiger partial charge on any atom is 0.401 e. The number of halogens is 3. The summed E-state index contributed by atoms with van der Waals surface area (Å²) in [6.45, 7) is 8.47. The Morgan fingerprint density at radius 1 is 1.18 bits per heavy atom. The molecule has 38 heavy (non-hydrogen) atoms. The second-order valence-electron chi connectivity index (χ2n) is 10.7. The Bertz CT molecular complexity index is 1220. The van der Waals surface area contributed by atoms with Gasteiger partial charge >= 0.3 is 12.1 Å². The third-order valence-electron chi connectivity index (χ3n) is 7.45. The minimum atomic E-state index is -4.20. The van der Waals surface area contributed by atoms with E-state index in [-0.39, 0.29) is 24.3 Å². The third kappa shape index (κ3) is 6.13. The van der Waals surface area contributed by atoms with E-state index in [1.807, 2.05) is 59.4 Å². The number of piperazine rings is 1. The van der Waals surface area contributed by atoms with Crippen molar-refractivity contribution in [3.05, 3.63) is 46.8 Å². The Morgan fingerprint density at radius 3 is 2.47 bits per heavy atom. The second kappa shape index (κ2) is 11.2. The highest BCUT2D eigenvalue weighted by Crippen LogP contribution is 2.35. The molecule has 2 aliphatic heterocycles. The Morgan fingerprint density at radius 2 is 1.87 bits per heavy atom. The molecule has 0 bridgehead atoms. The van der Waals surface area contributed by atoms with E-state index in [2.05, 4.69) is 32.2 Å². The average molecular weight is 534 g/mol. The van der Waals surface area contributed by atoms with Crippen LogP contribution < -0.4 is 0 Å². The van der Waals surface area contributed by atoms with Crippen LogP contribution in [-0.4, -0.2) is 96.5 Å². The summed E-state index contributed by atoms with van der Waals surface area (Å²) in [6.07, 6.45) is 2.20. The lowest BCUT2D eigenvalue weighted by atomic mass is 9.97. The van der Waals surface area contributed by atoms with Gasteiger partial charge in [-0.15, -0.1) is 0 Å². The van der Waals surface area contributed by atoms with Crippen molar-refractivity contribution in [2.45, 2.75) is 58.6 Å². The Hall–Kier alpha value is -2.69. The molecule has 0 aromatic carbocycles. The van der Waals surface area contributed by atoms with Crippen LogP contribution in [0.1, 0.15) is 60.4 Å². The zero-order valence-electron chi connectivity index (χ0n) is 23.0.